The van der Waals surface area contributed by atoms with E-state index in [2.05, 4.69) is 10.2 Å². The molecule has 2 aromatic carbocycles. The molecule has 1 aliphatic rings. The summed E-state index contributed by atoms with van der Waals surface area (Å²) in [6.45, 7) is 1.46. The molecular formula is C23H29N3O3. The molecule has 2 atom stereocenters. The van der Waals surface area contributed by atoms with Gasteiger partial charge in [0.05, 0.1) is 19.1 Å². The molecule has 6 nitrogen and oxygen atoms in total. The van der Waals surface area contributed by atoms with Gasteiger partial charge >= 0.3 is 0 Å². The first-order valence-electron chi connectivity index (χ1n) is 9.88. The second-order valence-electron chi connectivity index (χ2n) is 7.63. The number of benzene rings is 2. The Hall–Kier alpha value is -2.86. The number of methoxy groups -OCH3 is 1. The standard InChI is InChI=1S/C23H29N3O3/c1-25(2)20(19-11-7-8-12-21(19)29-3)14-24-23(28)18-13-22(27)26(16-18)15-17-9-5-4-6-10-17/h4-12,18,20H,13-16H2,1-3H3,(H,24,28). The molecule has 29 heavy (non-hydrogen) atoms. The zero-order valence-corrected chi connectivity index (χ0v) is 17.3. The van der Waals surface area contributed by atoms with Gasteiger partial charge in [0, 0.05) is 31.6 Å². The van der Waals surface area contributed by atoms with Crippen LogP contribution >= 0.6 is 0 Å². The molecule has 0 bridgehead atoms. The van der Waals surface area contributed by atoms with Gasteiger partial charge in [-0.3, -0.25) is 9.59 Å². The Morgan fingerprint density at radius 1 is 1.17 bits per heavy atom. The van der Waals surface area contributed by atoms with Gasteiger partial charge in [-0.1, -0.05) is 48.5 Å². The van der Waals surface area contributed by atoms with Crippen LogP contribution in [0, 0.1) is 5.92 Å². The predicted octanol–water partition coefficient (Wildman–Crippen LogP) is 2.46. The summed E-state index contributed by atoms with van der Waals surface area (Å²) in [6.07, 6.45) is 0.264. The summed E-state index contributed by atoms with van der Waals surface area (Å²) in [4.78, 5) is 29.0. The Labute approximate surface area is 172 Å². The minimum Gasteiger partial charge on any atom is -0.496 e. The van der Waals surface area contributed by atoms with Gasteiger partial charge in [-0.05, 0) is 25.7 Å². The first-order valence-corrected chi connectivity index (χ1v) is 9.88. The number of amides is 2. The van der Waals surface area contributed by atoms with Crippen LogP contribution in [0.4, 0.5) is 0 Å². The molecule has 1 aliphatic heterocycles. The summed E-state index contributed by atoms with van der Waals surface area (Å²) >= 11 is 0. The quantitative estimate of drug-likeness (QED) is 0.746. The van der Waals surface area contributed by atoms with E-state index < -0.39 is 0 Å². The third kappa shape index (κ3) is 5.15. The fourth-order valence-corrected chi connectivity index (χ4v) is 3.76. The molecule has 2 unspecified atom stereocenters. The van der Waals surface area contributed by atoms with Gasteiger partial charge in [-0.15, -0.1) is 0 Å². The van der Waals surface area contributed by atoms with E-state index in [1.54, 1.807) is 12.0 Å². The highest BCUT2D eigenvalue weighted by molar-refractivity contribution is 5.89. The highest BCUT2D eigenvalue weighted by Crippen LogP contribution is 2.28. The summed E-state index contributed by atoms with van der Waals surface area (Å²) < 4.78 is 5.48. The topological polar surface area (TPSA) is 61.9 Å². The number of carbonyl (C=O) groups excluding carboxylic acids is 2. The Kier molecular flexibility index (Phi) is 6.88. The number of hydrogen-bond donors (Lipinski definition) is 1. The van der Waals surface area contributed by atoms with Crippen molar-refractivity contribution in [1.29, 1.82) is 0 Å². The number of likely N-dealkylation sites (N-methyl/N-ethyl adjacent to an activating group) is 1. The van der Waals surface area contributed by atoms with Crippen molar-refractivity contribution < 1.29 is 14.3 Å². The van der Waals surface area contributed by atoms with Gasteiger partial charge in [0.2, 0.25) is 11.8 Å². The maximum Gasteiger partial charge on any atom is 0.225 e. The molecular weight excluding hydrogens is 366 g/mol. The molecule has 0 radical (unpaired) electrons. The maximum atomic E-state index is 12.8. The number of ether oxygens (including phenoxy) is 1. The third-order valence-electron chi connectivity index (χ3n) is 5.39. The van der Waals surface area contributed by atoms with Crippen molar-refractivity contribution in [3.8, 4) is 5.75 Å². The highest BCUT2D eigenvalue weighted by atomic mass is 16.5. The Morgan fingerprint density at radius 3 is 2.55 bits per heavy atom. The predicted molar refractivity (Wildman–Crippen MR) is 112 cm³/mol. The normalized spacial score (nSPS) is 17.4. The fraction of sp³-hybridized carbons (Fsp3) is 0.391. The molecule has 1 fully saturated rings. The molecule has 0 aromatic heterocycles. The van der Waals surface area contributed by atoms with Crippen LogP contribution in [0.5, 0.6) is 5.75 Å². The van der Waals surface area contributed by atoms with Gasteiger partial charge in [0.1, 0.15) is 5.75 Å². The van der Waals surface area contributed by atoms with Crippen LogP contribution < -0.4 is 10.1 Å². The summed E-state index contributed by atoms with van der Waals surface area (Å²) in [7, 11) is 5.60. The van der Waals surface area contributed by atoms with Crippen molar-refractivity contribution in [1.82, 2.24) is 15.1 Å². The van der Waals surface area contributed by atoms with Crippen LogP contribution in [-0.4, -0.2) is 55.9 Å². The van der Waals surface area contributed by atoms with Crippen LogP contribution in [0.1, 0.15) is 23.6 Å². The van der Waals surface area contributed by atoms with Crippen LogP contribution in [0.25, 0.3) is 0 Å². The minimum absolute atomic E-state index is 0.0207. The van der Waals surface area contributed by atoms with Gasteiger partial charge in [-0.25, -0.2) is 0 Å². The number of likely N-dealkylation sites (tertiary alicyclic amines) is 1. The van der Waals surface area contributed by atoms with E-state index in [0.717, 1.165) is 16.9 Å². The van der Waals surface area contributed by atoms with Gasteiger partial charge in [-0.2, -0.15) is 0 Å². The largest absolute Gasteiger partial charge is 0.496 e. The molecule has 2 aromatic rings. The lowest BCUT2D eigenvalue weighted by molar-refractivity contribution is -0.129. The molecule has 0 spiro atoms. The van der Waals surface area contributed by atoms with Crippen LogP contribution in [0.2, 0.25) is 0 Å². The van der Waals surface area contributed by atoms with E-state index in [-0.39, 0.29) is 30.2 Å². The van der Waals surface area contributed by atoms with Gasteiger partial charge in [0.25, 0.3) is 0 Å². The number of carbonyl (C=O) groups is 2. The van der Waals surface area contributed by atoms with Crippen LogP contribution in [0.15, 0.2) is 54.6 Å². The zero-order valence-electron chi connectivity index (χ0n) is 17.3. The SMILES string of the molecule is COc1ccccc1C(CNC(=O)C1CC(=O)N(Cc2ccccc2)C1)N(C)C. The average Bonchev–Trinajstić information content (AvgIpc) is 3.09. The monoisotopic (exact) mass is 395 g/mol. The van der Waals surface area contributed by atoms with Gasteiger partial charge in [0.15, 0.2) is 0 Å². The molecule has 0 saturated carbocycles. The van der Waals surface area contributed by atoms with E-state index in [9.17, 15) is 9.59 Å². The minimum atomic E-state index is -0.313. The molecule has 0 aliphatic carbocycles. The van der Waals surface area contributed by atoms with E-state index in [4.69, 9.17) is 4.74 Å². The van der Waals surface area contributed by atoms with E-state index in [0.29, 0.717) is 19.6 Å². The van der Waals surface area contributed by atoms with Crippen molar-refractivity contribution in [3.63, 3.8) is 0 Å². The lowest BCUT2D eigenvalue weighted by atomic mass is 10.0. The number of hydrogen-bond acceptors (Lipinski definition) is 4. The summed E-state index contributed by atoms with van der Waals surface area (Å²) in [5.74, 6) is 0.441. The second kappa shape index (κ2) is 9.56. The van der Waals surface area contributed by atoms with E-state index in [1.807, 2.05) is 68.7 Å². The molecule has 2 amide bonds. The first kappa shape index (κ1) is 20.9. The maximum absolute atomic E-state index is 12.8. The molecule has 1 saturated heterocycles. The van der Waals surface area contributed by atoms with Crippen molar-refractivity contribution in [3.05, 3.63) is 65.7 Å². The fourth-order valence-electron chi connectivity index (χ4n) is 3.76. The lowest BCUT2D eigenvalue weighted by Gasteiger charge is -2.27. The number of rotatable bonds is 8. The lowest BCUT2D eigenvalue weighted by Crippen LogP contribution is -2.38. The van der Waals surface area contributed by atoms with E-state index >= 15 is 0 Å². The number of nitrogens with zero attached hydrogens (tertiary/aromatic N) is 2. The average molecular weight is 396 g/mol. The smallest absolute Gasteiger partial charge is 0.225 e. The van der Waals surface area contributed by atoms with Crippen molar-refractivity contribution in [2.75, 3.05) is 34.3 Å². The summed E-state index contributed by atoms with van der Waals surface area (Å²) in [5.41, 5.74) is 2.10. The number of para-hydroxylation sites is 1. The Balaban J connectivity index is 1.60. The first-order chi connectivity index (χ1) is 14.0. The highest BCUT2D eigenvalue weighted by Gasteiger charge is 2.34. The second-order valence-corrected chi connectivity index (χ2v) is 7.63. The van der Waals surface area contributed by atoms with Gasteiger partial charge < -0.3 is 19.9 Å². The Bertz CT molecular complexity index is 838. The van der Waals surface area contributed by atoms with E-state index in [1.165, 1.54) is 0 Å². The summed E-state index contributed by atoms with van der Waals surface area (Å²) in [6, 6.07) is 17.7. The molecule has 1 N–H and O–H groups in total. The molecule has 1 heterocycles. The molecule has 6 heteroatoms. The number of nitrogens with one attached hydrogen (secondary N) is 1. The third-order valence-corrected chi connectivity index (χ3v) is 5.39. The van der Waals surface area contributed by atoms with Crippen LogP contribution in [0.3, 0.4) is 0 Å². The van der Waals surface area contributed by atoms with Crippen molar-refractivity contribution >= 4 is 11.8 Å². The van der Waals surface area contributed by atoms with Crippen LogP contribution in [-0.2, 0) is 16.1 Å². The van der Waals surface area contributed by atoms with Crippen molar-refractivity contribution in [2.24, 2.45) is 5.92 Å². The zero-order chi connectivity index (χ0) is 20.8. The summed E-state index contributed by atoms with van der Waals surface area (Å²) in [5, 5.41) is 3.05. The molecule has 3 rings (SSSR count). The molecule has 154 valence electrons. The van der Waals surface area contributed by atoms with Crippen molar-refractivity contribution in [2.45, 2.75) is 19.0 Å². The Morgan fingerprint density at radius 2 is 1.86 bits per heavy atom.